The lowest BCUT2D eigenvalue weighted by Crippen LogP contribution is -2.27. The molecule has 0 aliphatic carbocycles. The van der Waals surface area contributed by atoms with E-state index in [-0.39, 0.29) is 0 Å². The van der Waals surface area contributed by atoms with Crippen molar-refractivity contribution in [3.05, 3.63) is 36.2 Å². The molecule has 2 aromatic rings. The van der Waals surface area contributed by atoms with Crippen LogP contribution in [0.2, 0.25) is 0 Å². The third-order valence-corrected chi connectivity index (χ3v) is 2.53. The second kappa shape index (κ2) is 5.59. The van der Waals surface area contributed by atoms with Crippen LogP contribution in [0.5, 0.6) is 0 Å². The Balaban J connectivity index is 2.06. The molecule has 1 aromatic carbocycles. The quantitative estimate of drug-likeness (QED) is 0.857. The topological polar surface area (TPSA) is 51.0 Å². The predicted octanol–water partition coefficient (Wildman–Crippen LogP) is 2.28. The Morgan fingerprint density at radius 2 is 2.06 bits per heavy atom. The van der Waals surface area contributed by atoms with E-state index >= 15 is 0 Å². The molecule has 1 unspecified atom stereocenters. The van der Waals surface area contributed by atoms with Crippen LogP contribution in [-0.4, -0.2) is 22.7 Å². The summed E-state index contributed by atoms with van der Waals surface area (Å²) < 4.78 is 5.23. The Morgan fingerprint density at radius 1 is 1.29 bits per heavy atom. The number of likely N-dealkylation sites (N-methyl/N-ethyl adjacent to an activating group) is 1. The van der Waals surface area contributed by atoms with Gasteiger partial charge in [0.2, 0.25) is 11.7 Å². The van der Waals surface area contributed by atoms with Gasteiger partial charge in [-0.2, -0.15) is 4.98 Å². The molecule has 2 rings (SSSR count). The van der Waals surface area contributed by atoms with Crippen LogP contribution in [0.3, 0.4) is 0 Å². The molecule has 4 heteroatoms. The molecule has 0 radical (unpaired) electrons. The molecule has 0 saturated carbocycles. The van der Waals surface area contributed by atoms with Gasteiger partial charge in [0.15, 0.2) is 0 Å². The molecule has 0 aliphatic heterocycles. The summed E-state index contributed by atoms with van der Waals surface area (Å²) in [5.41, 5.74) is 0.985. The van der Waals surface area contributed by atoms with E-state index in [0.717, 1.165) is 18.5 Å². The number of hydrogen-bond donors (Lipinski definition) is 1. The summed E-state index contributed by atoms with van der Waals surface area (Å²) in [6.45, 7) is 5.14. The van der Waals surface area contributed by atoms with Crippen LogP contribution < -0.4 is 5.32 Å². The van der Waals surface area contributed by atoms with Gasteiger partial charge in [0, 0.05) is 18.0 Å². The fourth-order valence-electron chi connectivity index (χ4n) is 1.72. The summed E-state index contributed by atoms with van der Waals surface area (Å²) in [4.78, 5) is 4.38. The van der Waals surface area contributed by atoms with E-state index in [4.69, 9.17) is 4.52 Å². The van der Waals surface area contributed by atoms with Crippen LogP contribution in [0.4, 0.5) is 0 Å². The monoisotopic (exact) mass is 231 g/mol. The third-order valence-electron chi connectivity index (χ3n) is 2.53. The number of rotatable bonds is 5. The Labute approximate surface area is 101 Å². The Kier molecular flexibility index (Phi) is 3.88. The number of benzene rings is 1. The highest BCUT2D eigenvalue weighted by Crippen LogP contribution is 2.15. The van der Waals surface area contributed by atoms with E-state index in [2.05, 4.69) is 29.3 Å². The van der Waals surface area contributed by atoms with Crippen LogP contribution in [0.15, 0.2) is 34.9 Å². The minimum Gasteiger partial charge on any atom is -0.339 e. The van der Waals surface area contributed by atoms with Crippen molar-refractivity contribution in [2.45, 2.75) is 26.3 Å². The SMILES string of the molecule is CCNC(C)Cc1nc(-c2ccccc2)no1. The first-order valence-corrected chi connectivity index (χ1v) is 5.91. The molecule has 1 aromatic heterocycles. The van der Waals surface area contributed by atoms with E-state index in [1.807, 2.05) is 30.3 Å². The first-order chi connectivity index (χ1) is 8.29. The van der Waals surface area contributed by atoms with E-state index in [1.54, 1.807) is 0 Å². The second-order valence-electron chi connectivity index (χ2n) is 4.04. The van der Waals surface area contributed by atoms with E-state index in [0.29, 0.717) is 17.8 Å². The van der Waals surface area contributed by atoms with Crippen molar-refractivity contribution < 1.29 is 4.52 Å². The Morgan fingerprint density at radius 3 is 2.76 bits per heavy atom. The average molecular weight is 231 g/mol. The van der Waals surface area contributed by atoms with Crippen molar-refractivity contribution in [2.75, 3.05) is 6.54 Å². The summed E-state index contributed by atoms with van der Waals surface area (Å²) in [5, 5.41) is 7.30. The van der Waals surface area contributed by atoms with Crippen molar-refractivity contribution in [3.8, 4) is 11.4 Å². The molecular formula is C13H17N3O. The molecule has 0 amide bonds. The minimum atomic E-state index is 0.351. The molecule has 0 bridgehead atoms. The van der Waals surface area contributed by atoms with Crippen molar-refractivity contribution >= 4 is 0 Å². The molecular weight excluding hydrogens is 214 g/mol. The molecule has 1 heterocycles. The van der Waals surface area contributed by atoms with Crippen LogP contribution in [-0.2, 0) is 6.42 Å². The first kappa shape index (κ1) is 11.8. The Bertz CT molecular complexity index is 453. The van der Waals surface area contributed by atoms with Crippen LogP contribution >= 0.6 is 0 Å². The summed E-state index contributed by atoms with van der Waals surface area (Å²) >= 11 is 0. The second-order valence-corrected chi connectivity index (χ2v) is 4.04. The average Bonchev–Trinajstić information content (AvgIpc) is 2.79. The van der Waals surface area contributed by atoms with Gasteiger partial charge in [0.25, 0.3) is 0 Å². The molecule has 0 spiro atoms. The van der Waals surface area contributed by atoms with Crippen molar-refractivity contribution in [1.82, 2.24) is 15.5 Å². The van der Waals surface area contributed by atoms with Gasteiger partial charge in [0.05, 0.1) is 0 Å². The van der Waals surface area contributed by atoms with E-state index in [9.17, 15) is 0 Å². The fourth-order valence-corrected chi connectivity index (χ4v) is 1.72. The van der Waals surface area contributed by atoms with Gasteiger partial charge >= 0.3 is 0 Å². The normalized spacial score (nSPS) is 12.6. The van der Waals surface area contributed by atoms with Crippen LogP contribution in [0, 0.1) is 0 Å². The van der Waals surface area contributed by atoms with Gasteiger partial charge in [-0.3, -0.25) is 0 Å². The molecule has 4 nitrogen and oxygen atoms in total. The molecule has 90 valence electrons. The highest BCUT2D eigenvalue weighted by molar-refractivity contribution is 5.53. The zero-order valence-corrected chi connectivity index (χ0v) is 10.2. The predicted molar refractivity (Wildman–Crippen MR) is 66.6 cm³/mol. The summed E-state index contributed by atoms with van der Waals surface area (Å²) in [6.07, 6.45) is 0.758. The maximum atomic E-state index is 5.23. The van der Waals surface area contributed by atoms with Gasteiger partial charge in [-0.05, 0) is 13.5 Å². The van der Waals surface area contributed by atoms with Crippen molar-refractivity contribution in [3.63, 3.8) is 0 Å². The molecule has 0 aliphatic rings. The summed E-state index contributed by atoms with van der Waals surface area (Å²) in [7, 11) is 0. The van der Waals surface area contributed by atoms with Crippen LogP contribution in [0.1, 0.15) is 19.7 Å². The molecule has 0 saturated heterocycles. The smallest absolute Gasteiger partial charge is 0.228 e. The van der Waals surface area contributed by atoms with E-state index < -0.39 is 0 Å². The zero-order valence-electron chi connectivity index (χ0n) is 10.2. The lowest BCUT2D eigenvalue weighted by molar-refractivity contribution is 0.363. The fraction of sp³-hybridized carbons (Fsp3) is 0.385. The molecule has 1 atom stereocenters. The minimum absolute atomic E-state index is 0.351. The molecule has 1 N–H and O–H groups in total. The highest BCUT2D eigenvalue weighted by Gasteiger charge is 2.10. The van der Waals surface area contributed by atoms with Gasteiger partial charge in [-0.25, -0.2) is 0 Å². The van der Waals surface area contributed by atoms with Crippen molar-refractivity contribution in [1.29, 1.82) is 0 Å². The van der Waals surface area contributed by atoms with Gasteiger partial charge in [0.1, 0.15) is 0 Å². The number of nitrogens with one attached hydrogen (secondary N) is 1. The number of aromatic nitrogens is 2. The maximum absolute atomic E-state index is 5.23. The van der Waals surface area contributed by atoms with Gasteiger partial charge in [-0.15, -0.1) is 0 Å². The largest absolute Gasteiger partial charge is 0.339 e. The lowest BCUT2D eigenvalue weighted by atomic mass is 10.2. The van der Waals surface area contributed by atoms with Gasteiger partial charge < -0.3 is 9.84 Å². The Hall–Kier alpha value is -1.68. The number of nitrogens with zero attached hydrogens (tertiary/aromatic N) is 2. The molecule has 0 fully saturated rings. The van der Waals surface area contributed by atoms with Crippen molar-refractivity contribution in [2.24, 2.45) is 0 Å². The molecule has 17 heavy (non-hydrogen) atoms. The zero-order chi connectivity index (χ0) is 12.1. The number of hydrogen-bond acceptors (Lipinski definition) is 4. The third kappa shape index (κ3) is 3.14. The maximum Gasteiger partial charge on any atom is 0.228 e. The standard InChI is InChI=1S/C13H17N3O/c1-3-14-10(2)9-12-15-13(16-17-12)11-7-5-4-6-8-11/h4-8,10,14H,3,9H2,1-2H3. The van der Waals surface area contributed by atoms with Crippen LogP contribution in [0.25, 0.3) is 11.4 Å². The van der Waals surface area contributed by atoms with Gasteiger partial charge in [-0.1, -0.05) is 42.4 Å². The first-order valence-electron chi connectivity index (χ1n) is 5.91. The highest BCUT2D eigenvalue weighted by atomic mass is 16.5. The lowest BCUT2D eigenvalue weighted by Gasteiger charge is -2.07. The summed E-state index contributed by atoms with van der Waals surface area (Å²) in [5.74, 6) is 1.33. The van der Waals surface area contributed by atoms with E-state index in [1.165, 1.54) is 0 Å². The summed E-state index contributed by atoms with van der Waals surface area (Å²) in [6, 6.07) is 10.2.